The van der Waals surface area contributed by atoms with Gasteiger partial charge in [0.2, 0.25) is 5.91 Å². The van der Waals surface area contributed by atoms with Crippen LogP contribution < -0.4 is 5.32 Å². The second-order valence-electron chi connectivity index (χ2n) is 7.54. The molecule has 1 N–H and O–H groups in total. The van der Waals surface area contributed by atoms with Crippen LogP contribution in [0.15, 0.2) is 67.0 Å². The van der Waals surface area contributed by atoms with Crippen molar-refractivity contribution in [1.82, 2.24) is 24.6 Å². The monoisotopic (exact) mass is 402 g/mol. The lowest BCUT2D eigenvalue weighted by molar-refractivity contribution is -0.127. The Morgan fingerprint density at radius 1 is 1.13 bits per heavy atom. The largest absolute Gasteiger partial charge is 0.338 e. The molecule has 0 atom stereocenters. The van der Waals surface area contributed by atoms with Crippen LogP contribution in [-0.2, 0) is 17.9 Å². The van der Waals surface area contributed by atoms with E-state index in [0.717, 1.165) is 34.9 Å². The Hall–Kier alpha value is -3.45. The summed E-state index contributed by atoms with van der Waals surface area (Å²) in [5, 5.41) is 8.27. The zero-order chi connectivity index (χ0) is 20.9. The van der Waals surface area contributed by atoms with Gasteiger partial charge in [-0.05, 0) is 43.9 Å². The van der Waals surface area contributed by atoms with E-state index in [4.69, 9.17) is 5.10 Å². The van der Waals surface area contributed by atoms with Gasteiger partial charge < -0.3 is 15.1 Å². The summed E-state index contributed by atoms with van der Waals surface area (Å²) in [6, 6.07) is 14.0. The van der Waals surface area contributed by atoms with Gasteiger partial charge in [-0.1, -0.05) is 24.3 Å². The Kier molecular flexibility index (Phi) is 5.90. The van der Waals surface area contributed by atoms with E-state index in [9.17, 15) is 4.79 Å². The van der Waals surface area contributed by atoms with Crippen molar-refractivity contribution in [2.45, 2.75) is 13.1 Å². The average molecular weight is 403 g/mol. The zero-order valence-corrected chi connectivity index (χ0v) is 17.3. The highest BCUT2D eigenvalue weighted by Gasteiger charge is 2.27. The number of rotatable bonds is 6. The molecule has 7 heteroatoms. The molecule has 3 heterocycles. The number of carbonyl (C=O) groups excluding carboxylic acids is 1. The molecule has 3 aromatic rings. The first-order valence-corrected chi connectivity index (χ1v) is 10.0. The van der Waals surface area contributed by atoms with Crippen molar-refractivity contribution in [2.24, 2.45) is 0 Å². The average Bonchev–Trinajstić information content (AvgIpc) is 3.11. The van der Waals surface area contributed by atoms with E-state index >= 15 is 0 Å². The minimum Gasteiger partial charge on any atom is -0.338 e. The van der Waals surface area contributed by atoms with Crippen molar-refractivity contribution < 1.29 is 4.79 Å². The second kappa shape index (κ2) is 8.92. The number of carbonyl (C=O) groups is 1. The first-order chi connectivity index (χ1) is 14.6. The number of anilines is 2. The highest BCUT2D eigenvalue weighted by molar-refractivity contribution is 5.88. The normalized spacial score (nSPS) is 13.6. The number of amides is 1. The van der Waals surface area contributed by atoms with Crippen LogP contribution in [0.4, 0.5) is 11.5 Å². The molecule has 0 spiro atoms. The molecule has 1 amide bonds. The Balaban J connectivity index is 1.65. The fourth-order valence-corrected chi connectivity index (χ4v) is 3.54. The molecule has 154 valence electrons. The van der Waals surface area contributed by atoms with Crippen LogP contribution >= 0.6 is 0 Å². The quantitative estimate of drug-likeness (QED) is 0.642. The third-order valence-corrected chi connectivity index (χ3v) is 5.03. The Bertz CT molecular complexity index is 1030. The van der Waals surface area contributed by atoms with E-state index in [1.54, 1.807) is 18.5 Å². The van der Waals surface area contributed by atoms with Crippen LogP contribution in [0, 0.1) is 0 Å². The zero-order valence-electron chi connectivity index (χ0n) is 17.3. The Labute approximate surface area is 176 Å². The lowest BCUT2D eigenvalue weighted by atomic mass is 10.1. The third kappa shape index (κ3) is 4.41. The first kappa shape index (κ1) is 19.8. The van der Waals surface area contributed by atoms with Gasteiger partial charge in [0.25, 0.3) is 0 Å². The molecule has 0 saturated carbocycles. The second-order valence-corrected chi connectivity index (χ2v) is 7.54. The molecule has 0 unspecified atom stereocenters. The van der Waals surface area contributed by atoms with Crippen molar-refractivity contribution in [1.29, 1.82) is 0 Å². The van der Waals surface area contributed by atoms with Gasteiger partial charge in [0.15, 0.2) is 5.82 Å². The van der Waals surface area contributed by atoms with Gasteiger partial charge in [-0.15, -0.1) is 0 Å². The van der Waals surface area contributed by atoms with Gasteiger partial charge in [0.05, 0.1) is 18.8 Å². The maximum atomic E-state index is 12.7. The molecule has 4 rings (SSSR count). The van der Waals surface area contributed by atoms with E-state index in [2.05, 4.69) is 10.3 Å². The van der Waals surface area contributed by atoms with Gasteiger partial charge in [-0.3, -0.25) is 14.5 Å². The van der Waals surface area contributed by atoms with Gasteiger partial charge in [-0.25, -0.2) is 0 Å². The van der Waals surface area contributed by atoms with Gasteiger partial charge in [-0.2, -0.15) is 5.10 Å². The molecule has 1 aliphatic heterocycles. The first-order valence-electron chi connectivity index (χ1n) is 10.0. The van der Waals surface area contributed by atoms with Gasteiger partial charge in [0, 0.05) is 42.8 Å². The molecule has 2 aromatic heterocycles. The summed E-state index contributed by atoms with van der Waals surface area (Å²) in [5.41, 5.74) is 4.04. The van der Waals surface area contributed by atoms with Crippen LogP contribution in [-0.4, -0.2) is 57.7 Å². The summed E-state index contributed by atoms with van der Waals surface area (Å²) in [7, 11) is 3.97. The van der Waals surface area contributed by atoms with Crippen LogP contribution in [0.1, 0.15) is 5.69 Å². The summed E-state index contributed by atoms with van der Waals surface area (Å²) in [6.07, 6.45) is 7.13. The minimum atomic E-state index is 0.0301. The molecular weight excluding hydrogens is 376 g/mol. The Morgan fingerprint density at radius 3 is 2.63 bits per heavy atom. The molecule has 0 fully saturated rings. The maximum Gasteiger partial charge on any atom is 0.246 e. The molecule has 30 heavy (non-hydrogen) atoms. The number of hydrogen-bond donors (Lipinski definition) is 1. The maximum absolute atomic E-state index is 12.7. The van der Waals surface area contributed by atoms with E-state index in [1.165, 1.54) is 0 Å². The number of pyridine rings is 1. The molecule has 1 aliphatic rings. The van der Waals surface area contributed by atoms with E-state index in [-0.39, 0.29) is 5.91 Å². The fourth-order valence-electron chi connectivity index (χ4n) is 3.54. The number of hydrogen-bond acceptors (Lipinski definition) is 5. The number of benzene rings is 1. The van der Waals surface area contributed by atoms with Gasteiger partial charge in [0.1, 0.15) is 0 Å². The molecule has 1 aromatic carbocycles. The van der Waals surface area contributed by atoms with E-state index in [0.29, 0.717) is 19.6 Å². The minimum absolute atomic E-state index is 0.0301. The molecule has 0 saturated heterocycles. The SMILES string of the molecule is CN(C)C/C=C/C(=O)N1CCn2nc(Nc3ccccc3)c(-c3ccncc3)c2C1. The van der Waals surface area contributed by atoms with Crippen molar-refractivity contribution in [3.8, 4) is 11.1 Å². The van der Waals surface area contributed by atoms with E-state index in [1.807, 2.05) is 77.1 Å². The summed E-state index contributed by atoms with van der Waals surface area (Å²) in [6.45, 7) is 2.56. The van der Waals surface area contributed by atoms with Crippen molar-refractivity contribution in [3.05, 3.63) is 72.7 Å². The van der Waals surface area contributed by atoms with Gasteiger partial charge >= 0.3 is 0 Å². The highest BCUT2D eigenvalue weighted by atomic mass is 16.2. The summed E-state index contributed by atoms with van der Waals surface area (Å²) in [5.74, 6) is 0.822. The van der Waals surface area contributed by atoms with E-state index < -0.39 is 0 Å². The van der Waals surface area contributed by atoms with Crippen LogP contribution in [0.2, 0.25) is 0 Å². The number of likely N-dealkylation sites (N-methyl/N-ethyl adjacent to an activating group) is 1. The molecular formula is C23H26N6O. The molecule has 7 nitrogen and oxygen atoms in total. The molecule has 0 radical (unpaired) electrons. The number of nitrogens with zero attached hydrogens (tertiary/aromatic N) is 5. The summed E-state index contributed by atoms with van der Waals surface area (Å²) >= 11 is 0. The standard InChI is InChI=1S/C23H26N6O/c1-27(2)14-6-9-21(30)28-15-16-29-20(17-28)22(18-10-12-24-13-11-18)23(26-29)25-19-7-4-3-5-8-19/h3-13H,14-17H2,1-2H3,(H,25,26)/b9-6+. The number of fused-ring (bicyclic) bond motifs is 1. The number of nitrogens with one attached hydrogen (secondary N) is 1. The summed E-state index contributed by atoms with van der Waals surface area (Å²) in [4.78, 5) is 20.7. The fraction of sp³-hybridized carbons (Fsp3) is 0.261. The van der Waals surface area contributed by atoms with Crippen LogP contribution in [0.3, 0.4) is 0 Å². The predicted molar refractivity (Wildman–Crippen MR) is 118 cm³/mol. The number of para-hydroxylation sites is 1. The lowest BCUT2D eigenvalue weighted by Crippen LogP contribution is -2.37. The lowest BCUT2D eigenvalue weighted by Gasteiger charge is -2.27. The summed E-state index contributed by atoms with van der Waals surface area (Å²) < 4.78 is 2.01. The third-order valence-electron chi connectivity index (χ3n) is 5.03. The molecule has 0 aliphatic carbocycles. The molecule has 0 bridgehead atoms. The van der Waals surface area contributed by atoms with Crippen molar-refractivity contribution in [3.63, 3.8) is 0 Å². The van der Waals surface area contributed by atoms with Crippen molar-refractivity contribution in [2.75, 3.05) is 32.5 Å². The predicted octanol–water partition coefficient (Wildman–Crippen LogP) is 3.15. The van der Waals surface area contributed by atoms with Crippen LogP contribution in [0.25, 0.3) is 11.1 Å². The highest BCUT2D eigenvalue weighted by Crippen LogP contribution is 2.35. The number of aromatic nitrogens is 3. The van der Waals surface area contributed by atoms with Crippen LogP contribution in [0.5, 0.6) is 0 Å². The Morgan fingerprint density at radius 2 is 1.90 bits per heavy atom. The smallest absolute Gasteiger partial charge is 0.246 e. The topological polar surface area (TPSA) is 66.3 Å². The van der Waals surface area contributed by atoms with Crippen molar-refractivity contribution >= 4 is 17.4 Å².